The van der Waals surface area contributed by atoms with Gasteiger partial charge < -0.3 is 10.0 Å². The summed E-state index contributed by atoms with van der Waals surface area (Å²) in [6, 6.07) is 5.33. The van der Waals surface area contributed by atoms with Crippen LogP contribution in [0.1, 0.15) is 31.7 Å². The molecule has 2 nitrogen and oxygen atoms in total. The maximum Gasteiger partial charge on any atom is 0.104 e. The van der Waals surface area contributed by atoms with Crippen molar-refractivity contribution in [2.75, 3.05) is 19.6 Å². The van der Waals surface area contributed by atoms with Crippen molar-refractivity contribution >= 4 is 23.2 Å². The van der Waals surface area contributed by atoms with E-state index in [1.165, 1.54) is 12.8 Å². The monoisotopic (exact) mass is 287 g/mol. The number of rotatable bonds is 4. The van der Waals surface area contributed by atoms with E-state index >= 15 is 0 Å². The molecule has 1 saturated heterocycles. The number of β-amino-alcohol motifs (C(OH)–C–C–N with tert-alkyl or cyclic N) is 1. The predicted molar refractivity (Wildman–Crippen MR) is 76.3 cm³/mol. The zero-order chi connectivity index (χ0) is 13.2. The van der Waals surface area contributed by atoms with Crippen molar-refractivity contribution in [1.29, 1.82) is 0 Å². The van der Waals surface area contributed by atoms with Gasteiger partial charge in [-0.05, 0) is 43.1 Å². The summed E-state index contributed by atoms with van der Waals surface area (Å²) in [4.78, 5) is 2.30. The molecule has 0 amide bonds. The molecular weight excluding hydrogens is 269 g/mol. The number of hydrogen-bond donors (Lipinski definition) is 1. The van der Waals surface area contributed by atoms with Gasteiger partial charge in [0.15, 0.2) is 0 Å². The van der Waals surface area contributed by atoms with Gasteiger partial charge in [-0.25, -0.2) is 0 Å². The molecule has 0 radical (unpaired) electrons. The van der Waals surface area contributed by atoms with E-state index in [-0.39, 0.29) is 0 Å². The molecule has 1 fully saturated rings. The van der Waals surface area contributed by atoms with E-state index in [0.717, 1.165) is 25.1 Å². The lowest BCUT2D eigenvalue weighted by molar-refractivity contribution is 0.0460. The first-order chi connectivity index (χ1) is 8.53. The molecule has 1 aromatic rings. The molecular formula is C14H19Cl2NO. The zero-order valence-corrected chi connectivity index (χ0v) is 12.1. The molecule has 0 bridgehead atoms. The molecule has 0 aliphatic carbocycles. The van der Waals surface area contributed by atoms with Crippen LogP contribution in [0.2, 0.25) is 10.0 Å². The number of benzene rings is 1. The summed E-state index contributed by atoms with van der Waals surface area (Å²) in [5.74, 6) is 0. The molecule has 100 valence electrons. The van der Waals surface area contributed by atoms with Crippen molar-refractivity contribution in [2.45, 2.75) is 31.8 Å². The smallest absolute Gasteiger partial charge is 0.104 e. The molecule has 1 unspecified atom stereocenters. The van der Waals surface area contributed by atoms with Crippen LogP contribution in [0, 0.1) is 0 Å². The Morgan fingerprint density at radius 1 is 1.28 bits per heavy atom. The minimum atomic E-state index is -0.803. The Morgan fingerprint density at radius 3 is 2.56 bits per heavy atom. The van der Waals surface area contributed by atoms with Crippen LogP contribution in [0.25, 0.3) is 0 Å². The minimum Gasteiger partial charge on any atom is -0.384 e. The third kappa shape index (κ3) is 3.18. The highest BCUT2D eigenvalue weighted by molar-refractivity contribution is 6.34. The van der Waals surface area contributed by atoms with Gasteiger partial charge in [0, 0.05) is 23.1 Å². The highest BCUT2D eigenvalue weighted by Gasteiger charge is 2.37. The zero-order valence-electron chi connectivity index (χ0n) is 10.6. The van der Waals surface area contributed by atoms with E-state index in [0.29, 0.717) is 16.6 Å². The maximum absolute atomic E-state index is 10.7. The number of unbranched alkanes of at least 4 members (excludes halogenated alkanes) is 1. The molecule has 1 aliphatic heterocycles. The standard InChI is InChI=1S/C14H19Cl2NO/c1-2-3-5-17-6-4-14(18,10-17)11-7-12(15)9-13(16)8-11/h7-9,18H,2-6,10H2,1H3. The lowest BCUT2D eigenvalue weighted by atomic mass is 9.93. The van der Waals surface area contributed by atoms with Gasteiger partial charge in [-0.3, -0.25) is 0 Å². The fourth-order valence-corrected chi connectivity index (χ4v) is 3.03. The maximum atomic E-state index is 10.7. The summed E-state index contributed by atoms with van der Waals surface area (Å²) >= 11 is 12.0. The Balaban J connectivity index is 2.12. The SMILES string of the molecule is CCCCN1CCC(O)(c2cc(Cl)cc(Cl)c2)C1. The summed E-state index contributed by atoms with van der Waals surface area (Å²) in [5.41, 5.74) is 0.0291. The third-order valence-electron chi connectivity index (χ3n) is 3.55. The normalized spacial score (nSPS) is 24.7. The van der Waals surface area contributed by atoms with E-state index in [9.17, 15) is 5.11 Å². The van der Waals surface area contributed by atoms with Crippen LogP contribution in [0.4, 0.5) is 0 Å². The Morgan fingerprint density at radius 2 is 1.94 bits per heavy atom. The molecule has 4 heteroatoms. The Labute approximate surface area is 119 Å². The van der Waals surface area contributed by atoms with Crippen molar-refractivity contribution in [3.05, 3.63) is 33.8 Å². The fourth-order valence-electron chi connectivity index (χ4n) is 2.50. The van der Waals surface area contributed by atoms with Gasteiger partial charge in [-0.1, -0.05) is 36.5 Å². The molecule has 0 spiro atoms. The van der Waals surface area contributed by atoms with Gasteiger partial charge >= 0.3 is 0 Å². The van der Waals surface area contributed by atoms with Crippen LogP contribution in [0.15, 0.2) is 18.2 Å². The molecule has 1 N–H and O–H groups in total. The minimum absolute atomic E-state index is 0.581. The van der Waals surface area contributed by atoms with Gasteiger partial charge in [0.2, 0.25) is 0 Å². The largest absolute Gasteiger partial charge is 0.384 e. The van der Waals surface area contributed by atoms with Crippen LogP contribution < -0.4 is 0 Å². The van der Waals surface area contributed by atoms with Crippen molar-refractivity contribution in [1.82, 2.24) is 4.90 Å². The number of hydrogen-bond acceptors (Lipinski definition) is 2. The van der Waals surface area contributed by atoms with E-state index in [1.54, 1.807) is 6.07 Å². The first-order valence-electron chi connectivity index (χ1n) is 6.45. The average molecular weight is 288 g/mol. The highest BCUT2D eigenvalue weighted by atomic mass is 35.5. The van der Waals surface area contributed by atoms with Crippen LogP contribution >= 0.6 is 23.2 Å². The van der Waals surface area contributed by atoms with E-state index in [1.807, 2.05) is 12.1 Å². The van der Waals surface area contributed by atoms with Crippen molar-refractivity contribution in [2.24, 2.45) is 0 Å². The topological polar surface area (TPSA) is 23.5 Å². The third-order valence-corrected chi connectivity index (χ3v) is 3.99. The summed E-state index contributed by atoms with van der Waals surface area (Å²) < 4.78 is 0. The van der Waals surface area contributed by atoms with E-state index in [2.05, 4.69) is 11.8 Å². The van der Waals surface area contributed by atoms with Crippen molar-refractivity contribution in [3.63, 3.8) is 0 Å². The van der Waals surface area contributed by atoms with Crippen molar-refractivity contribution < 1.29 is 5.11 Å². The van der Waals surface area contributed by atoms with Crippen LogP contribution in [0.5, 0.6) is 0 Å². The van der Waals surface area contributed by atoms with E-state index < -0.39 is 5.60 Å². The molecule has 1 aromatic carbocycles. The molecule has 1 heterocycles. The van der Waals surface area contributed by atoms with Gasteiger partial charge in [-0.2, -0.15) is 0 Å². The Hall–Kier alpha value is -0.280. The second-order valence-electron chi connectivity index (χ2n) is 5.07. The summed E-state index contributed by atoms with van der Waals surface area (Å²) in [7, 11) is 0. The van der Waals surface area contributed by atoms with Crippen LogP contribution in [0.3, 0.4) is 0 Å². The van der Waals surface area contributed by atoms with Gasteiger partial charge in [0.05, 0.1) is 0 Å². The number of halogens is 2. The Kier molecular flexibility index (Phi) is 4.54. The Bertz CT molecular complexity index is 404. The quantitative estimate of drug-likeness (QED) is 0.913. The van der Waals surface area contributed by atoms with Crippen LogP contribution in [-0.4, -0.2) is 29.6 Å². The number of aliphatic hydroxyl groups is 1. The lowest BCUT2D eigenvalue weighted by Crippen LogP contribution is -2.31. The molecule has 1 aliphatic rings. The van der Waals surface area contributed by atoms with E-state index in [4.69, 9.17) is 23.2 Å². The summed E-state index contributed by atoms with van der Waals surface area (Å²) in [6.07, 6.45) is 3.09. The second kappa shape index (κ2) is 5.79. The van der Waals surface area contributed by atoms with Gasteiger partial charge in [0.1, 0.15) is 5.60 Å². The first-order valence-corrected chi connectivity index (χ1v) is 7.20. The predicted octanol–water partition coefficient (Wildman–Crippen LogP) is 3.69. The average Bonchev–Trinajstić information content (AvgIpc) is 2.69. The lowest BCUT2D eigenvalue weighted by Gasteiger charge is -2.24. The number of likely N-dealkylation sites (tertiary alicyclic amines) is 1. The summed E-state index contributed by atoms with van der Waals surface area (Å²) in [6.45, 7) is 4.83. The van der Waals surface area contributed by atoms with Crippen LogP contribution in [-0.2, 0) is 5.60 Å². The van der Waals surface area contributed by atoms with Gasteiger partial charge in [0.25, 0.3) is 0 Å². The molecule has 0 aromatic heterocycles. The molecule has 18 heavy (non-hydrogen) atoms. The fraction of sp³-hybridized carbons (Fsp3) is 0.571. The molecule has 0 saturated carbocycles. The second-order valence-corrected chi connectivity index (χ2v) is 5.94. The molecule has 1 atom stereocenters. The first kappa shape index (κ1) is 14.1. The summed E-state index contributed by atoms with van der Waals surface area (Å²) in [5, 5.41) is 11.9. The highest BCUT2D eigenvalue weighted by Crippen LogP contribution is 2.34. The van der Waals surface area contributed by atoms with Gasteiger partial charge in [-0.15, -0.1) is 0 Å². The number of nitrogens with zero attached hydrogens (tertiary/aromatic N) is 1. The molecule has 2 rings (SSSR count). The van der Waals surface area contributed by atoms with Crippen molar-refractivity contribution in [3.8, 4) is 0 Å².